The number of amides is 1. The van der Waals surface area contributed by atoms with Crippen molar-refractivity contribution in [2.45, 2.75) is 0 Å². The fourth-order valence-corrected chi connectivity index (χ4v) is 4.89. The third-order valence-electron chi connectivity index (χ3n) is 6.22. The SMILES string of the molecule is COc1ccccc1Oc1c(NS(=O)(=O)/C=C/c2ccccc2)nc(N2CCOCC2)nc1OCCOC(=O)Nc1cnccn1. The van der Waals surface area contributed by atoms with Gasteiger partial charge in [0.05, 0.1) is 31.9 Å². The first kappa shape index (κ1) is 31.9. The minimum atomic E-state index is -4.11. The zero-order chi connectivity index (χ0) is 32.2. The molecule has 3 heterocycles. The summed E-state index contributed by atoms with van der Waals surface area (Å²) in [6.45, 7) is 1.40. The van der Waals surface area contributed by atoms with E-state index in [0.717, 1.165) is 5.41 Å². The minimum absolute atomic E-state index is 0.106. The van der Waals surface area contributed by atoms with Gasteiger partial charge in [0.2, 0.25) is 11.7 Å². The fourth-order valence-electron chi connectivity index (χ4n) is 4.07. The number of nitrogens with one attached hydrogen (secondary N) is 2. The first-order valence-electron chi connectivity index (χ1n) is 14.0. The second-order valence-corrected chi connectivity index (χ2v) is 11.0. The van der Waals surface area contributed by atoms with Crippen LogP contribution in [0.25, 0.3) is 6.08 Å². The minimum Gasteiger partial charge on any atom is -0.493 e. The van der Waals surface area contributed by atoms with E-state index in [1.165, 1.54) is 31.8 Å². The molecule has 1 fully saturated rings. The molecule has 15 nitrogen and oxygen atoms in total. The van der Waals surface area contributed by atoms with E-state index in [9.17, 15) is 13.2 Å². The molecule has 240 valence electrons. The number of nitrogens with zero attached hydrogens (tertiary/aromatic N) is 5. The van der Waals surface area contributed by atoms with Gasteiger partial charge in [0.1, 0.15) is 13.2 Å². The molecular weight excluding hydrogens is 618 g/mol. The molecule has 2 N–H and O–H groups in total. The molecule has 0 bridgehead atoms. The van der Waals surface area contributed by atoms with Crippen LogP contribution in [0.3, 0.4) is 0 Å². The third kappa shape index (κ3) is 9.02. The van der Waals surface area contributed by atoms with Crippen LogP contribution in [0.15, 0.2) is 78.6 Å². The lowest BCUT2D eigenvalue weighted by molar-refractivity contribution is 0.121. The molecule has 1 saturated heterocycles. The summed E-state index contributed by atoms with van der Waals surface area (Å²) in [6.07, 6.45) is 4.94. The van der Waals surface area contributed by atoms with Gasteiger partial charge >= 0.3 is 6.09 Å². The summed E-state index contributed by atoms with van der Waals surface area (Å²) >= 11 is 0. The summed E-state index contributed by atoms with van der Waals surface area (Å²) in [5.74, 6) is 0.579. The Morgan fingerprint density at radius 1 is 1.00 bits per heavy atom. The normalized spacial score (nSPS) is 13.2. The number of morpholine rings is 1. The van der Waals surface area contributed by atoms with Crippen molar-refractivity contribution in [3.63, 3.8) is 0 Å². The number of hydrogen-bond donors (Lipinski definition) is 2. The summed E-state index contributed by atoms with van der Waals surface area (Å²) in [6, 6.07) is 15.7. The molecule has 0 aliphatic carbocycles. The van der Waals surface area contributed by atoms with Gasteiger partial charge in [-0.05, 0) is 23.8 Å². The van der Waals surface area contributed by atoms with Crippen molar-refractivity contribution in [1.29, 1.82) is 0 Å². The van der Waals surface area contributed by atoms with Crippen LogP contribution in [-0.4, -0.2) is 81.1 Å². The molecule has 0 unspecified atom stereocenters. The second kappa shape index (κ2) is 15.5. The van der Waals surface area contributed by atoms with Crippen molar-refractivity contribution >= 4 is 39.8 Å². The third-order valence-corrected chi connectivity index (χ3v) is 7.20. The number of carbonyl (C=O) groups excluding carboxylic acids is 1. The Morgan fingerprint density at radius 3 is 2.50 bits per heavy atom. The van der Waals surface area contributed by atoms with Gasteiger partial charge < -0.3 is 28.6 Å². The lowest BCUT2D eigenvalue weighted by atomic mass is 10.2. The van der Waals surface area contributed by atoms with Gasteiger partial charge in [-0.1, -0.05) is 42.5 Å². The van der Waals surface area contributed by atoms with Crippen LogP contribution in [0.5, 0.6) is 23.1 Å². The monoisotopic (exact) mass is 649 g/mol. The number of sulfonamides is 1. The van der Waals surface area contributed by atoms with Crippen molar-refractivity contribution < 1.29 is 36.9 Å². The van der Waals surface area contributed by atoms with Gasteiger partial charge in [-0.25, -0.2) is 18.2 Å². The van der Waals surface area contributed by atoms with E-state index < -0.39 is 16.1 Å². The standard InChI is InChI=1S/C30H31N7O8S/c1-41-23-9-5-6-10-24(23)45-26-27(36-46(39,40)20-11-22-7-3-2-4-8-22)34-29(37-14-16-42-17-15-37)35-28(26)43-18-19-44-30(38)33-25-21-31-12-13-32-25/h2-13,20-21H,14-19H2,1H3,(H,32,33,38)(H,34,35,36)/b20-11+. The number of benzene rings is 2. The van der Waals surface area contributed by atoms with E-state index in [0.29, 0.717) is 37.6 Å². The van der Waals surface area contributed by atoms with Crippen LogP contribution in [0, 0.1) is 0 Å². The highest BCUT2D eigenvalue weighted by Gasteiger charge is 2.26. The van der Waals surface area contributed by atoms with Crippen molar-refractivity contribution in [2.75, 3.05) is 61.6 Å². The zero-order valence-electron chi connectivity index (χ0n) is 24.7. The topological polar surface area (TPSA) is 176 Å². The van der Waals surface area contributed by atoms with Crippen LogP contribution < -0.4 is 29.1 Å². The molecule has 46 heavy (non-hydrogen) atoms. The van der Waals surface area contributed by atoms with E-state index in [4.69, 9.17) is 23.7 Å². The molecule has 0 saturated carbocycles. The van der Waals surface area contributed by atoms with Gasteiger partial charge in [-0.3, -0.25) is 15.0 Å². The van der Waals surface area contributed by atoms with E-state index in [-0.39, 0.29) is 48.2 Å². The second-order valence-electron chi connectivity index (χ2n) is 9.42. The summed E-state index contributed by atoms with van der Waals surface area (Å²) in [5, 5.41) is 3.48. The largest absolute Gasteiger partial charge is 0.493 e. The Morgan fingerprint density at radius 2 is 1.76 bits per heavy atom. The first-order valence-corrected chi connectivity index (χ1v) is 15.6. The van der Waals surface area contributed by atoms with Gasteiger partial charge in [-0.2, -0.15) is 9.97 Å². The number of hydrogen-bond acceptors (Lipinski definition) is 13. The molecule has 2 aromatic heterocycles. The molecule has 0 atom stereocenters. The highest BCUT2D eigenvalue weighted by molar-refractivity contribution is 7.95. The molecule has 16 heteroatoms. The molecule has 2 aromatic carbocycles. The summed E-state index contributed by atoms with van der Waals surface area (Å²) in [4.78, 5) is 31.0. The predicted molar refractivity (Wildman–Crippen MR) is 169 cm³/mol. The molecule has 0 spiro atoms. The van der Waals surface area contributed by atoms with Gasteiger partial charge in [0.15, 0.2) is 23.1 Å². The lowest BCUT2D eigenvalue weighted by Gasteiger charge is -2.28. The highest BCUT2D eigenvalue weighted by atomic mass is 32.2. The van der Waals surface area contributed by atoms with Gasteiger partial charge in [0, 0.05) is 25.5 Å². The number of para-hydroxylation sites is 2. The summed E-state index contributed by atoms with van der Waals surface area (Å²) in [7, 11) is -2.64. The van der Waals surface area contributed by atoms with Crippen LogP contribution in [0.2, 0.25) is 0 Å². The first-order chi connectivity index (χ1) is 22.4. The van der Waals surface area contributed by atoms with E-state index in [1.54, 1.807) is 48.5 Å². The Balaban J connectivity index is 1.45. The smallest absolute Gasteiger partial charge is 0.412 e. The van der Waals surface area contributed by atoms with Crippen LogP contribution >= 0.6 is 0 Å². The fraction of sp³-hybridized carbons (Fsp3) is 0.233. The van der Waals surface area contributed by atoms with E-state index >= 15 is 0 Å². The molecule has 1 aliphatic heterocycles. The number of rotatable bonds is 13. The molecule has 1 aliphatic rings. The van der Waals surface area contributed by atoms with Crippen LogP contribution in [-0.2, 0) is 19.5 Å². The average molecular weight is 650 g/mol. The number of ether oxygens (including phenoxy) is 5. The van der Waals surface area contributed by atoms with Gasteiger partial charge in [0.25, 0.3) is 15.9 Å². The zero-order valence-corrected chi connectivity index (χ0v) is 25.6. The van der Waals surface area contributed by atoms with Crippen molar-refractivity contribution in [3.05, 3.63) is 84.2 Å². The quantitative estimate of drug-likeness (QED) is 0.199. The lowest BCUT2D eigenvalue weighted by Crippen LogP contribution is -2.37. The number of aromatic nitrogens is 4. The van der Waals surface area contributed by atoms with Crippen molar-refractivity contribution in [1.82, 2.24) is 19.9 Å². The average Bonchev–Trinajstić information content (AvgIpc) is 3.08. The number of methoxy groups -OCH3 is 1. The Labute approximate surface area is 265 Å². The molecule has 1 amide bonds. The van der Waals surface area contributed by atoms with Crippen molar-refractivity contribution in [3.8, 4) is 23.1 Å². The summed E-state index contributed by atoms with van der Waals surface area (Å²) < 4.78 is 57.3. The summed E-state index contributed by atoms with van der Waals surface area (Å²) in [5.41, 5.74) is 0.683. The highest BCUT2D eigenvalue weighted by Crippen LogP contribution is 2.41. The number of carbonyl (C=O) groups is 1. The van der Waals surface area contributed by atoms with Gasteiger partial charge in [-0.15, -0.1) is 0 Å². The molecule has 0 radical (unpaired) electrons. The van der Waals surface area contributed by atoms with E-state index in [1.807, 2.05) is 11.0 Å². The Kier molecular flexibility index (Phi) is 10.8. The van der Waals surface area contributed by atoms with Crippen LogP contribution in [0.4, 0.5) is 22.4 Å². The van der Waals surface area contributed by atoms with E-state index in [2.05, 4.69) is 30.0 Å². The Hall–Kier alpha value is -5.48. The Bertz CT molecular complexity index is 1740. The maximum Gasteiger partial charge on any atom is 0.412 e. The van der Waals surface area contributed by atoms with Crippen molar-refractivity contribution in [2.24, 2.45) is 0 Å². The van der Waals surface area contributed by atoms with Crippen LogP contribution in [0.1, 0.15) is 5.56 Å². The predicted octanol–water partition coefficient (Wildman–Crippen LogP) is 3.94. The molecular formula is C30H31N7O8S. The maximum atomic E-state index is 13.3. The molecule has 5 rings (SSSR count). The number of anilines is 3. The maximum absolute atomic E-state index is 13.3. The molecule has 4 aromatic rings.